The van der Waals surface area contributed by atoms with Gasteiger partial charge in [0.1, 0.15) is 5.69 Å². The molecule has 0 bridgehead atoms. The third-order valence-corrected chi connectivity index (χ3v) is 3.94. The van der Waals surface area contributed by atoms with Gasteiger partial charge in [-0.05, 0) is 36.6 Å². The van der Waals surface area contributed by atoms with Gasteiger partial charge in [-0.15, -0.1) is 5.11 Å². The molecule has 9 nitrogen and oxygen atoms in total. The number of hydrogen-bond acceptors (Lipinski definition) is 7. The number of benzene rings is 1. The maximum Gasteiger partial charge on any atom is 0.279 e. The van der Waals surface area contributed by atoms with Crippen LogP contribution in [0.15, 0.2) is 39.3 Å². The Morgan fingerprint density at radius 3 is 2.44 bits per heavy atom. The summed E-state index contributed by atoms with van der Waals surface area (Å²) in [5.41, 5.74) is 0.520. The first-order valence-electron chi connectivity index (χ1n) is 8.17. The van der Waals surface area contributed by atoms with Crippen molar-refractivity contribution in [2.45, 2.75) is 26.0 Å². The van der Waals surface area contributed by atoms with E-state index in [0.717, 1.165) is 10.1 Å². The first-order valence-corrected chi connectivity index (χ1v) is 8.17. The summed E-state index contributed by atoms with van der Waals surface area (Å²) >= 11 is 0. The van der Waals surface area contributed by atoms with Gasteiger partial charge in [0.05, 0.1) is 31.5 Å². The highest BCUT2D eigenvalue weighted by molar-refractivity contribution is 5.67. The van der Waals surface area contributed by atoms with Gasteiger partial charge in [-0.2, -0.15) is 5.11 Å². The van der Waals surface area contributed by atoms with Gasteiger partial charge in [0.2, 0.25) is 5.69 Å². The Morgan fingerprint density at radius 1 is 1.22 bits per heavy atom. The molecule has 0 aliphatic rings. The Hall–Kier alpha value is -3.06. The Balaban J connectivity index is 2.47. The number of aliphatic hydroxyl groups is 3. The average molecular weight is 372 g/mol. The molecule has 4 N–H and O–H groups in total. The number of hydrogen-bond donors (Lipinski definition) is 4. The fourth-order valence-corrected chi connectivity index (χ4v) is 2.45. The van der Waals surface area contributed by atoms with Gasteiger partial charge in [-0.1, -0.05) is 12.1 Å². The van der Waals surface area contributed by atoms with Crippen molar-refractivity contribution in [3.05, 3.63) is 57.2 Å². The van der Waals surface area contributed by atoms with E-state index in [1.807, 2.05) is 0 Å². The number of aromatic hydroxyl groups is 1. The van der Waals surface area contributed by atoms with E-state index in [0.29, 0.717) is 12.1 Å². The lowest BCUT2D eigenvalue weighted by Crippen LogP contribution is -2.28. The largest absolute Gasteiger partial charge is 0.503 e. The second kappa shape index (κ2) is 9.05. The molecule has 0 radical (unpaired) electrons. The van der Waals surface area contributed by atoms with Crippen molar-refractivity contribution in [1.29, 1.82) is 0 Å². The molecule has 0 saturated heterocycles. The van der Waals surface area contributed by atoms with Crippen LogP contribution < -0.4 is 5.56 Å². The summed E-state index contributed by atoms with van der Waals surface area (Å²) in [5, 5.41) is 45.6. The van der Waals surface area contributed by atoms with Crippen LogP contribution in [0.1, 0.15) is 11.1 Å². The second-order valence-electron chi connectivity index (χ2n) is 5.85. The summed E-state index contributed by atoms with van der Waals surface area (Å²) in [4.78, 5) is 15.8. The first-order chi connectivity index (χ1) is 12.9. The normalized spacial score (nSPS) is 12.3. The van der Waals surface area contributed by atoms with Gasteiger partial charge >= 0.3 is 0 Å². The molecule has 0 fully saturated rings. The van der Waals surface area contributed by atoms with E-state index >= 15 is 0 Å². The zero-order valence-electron chi connectivity index (χ0n) is 14.7. The van der Waals surface area contributed by atoms with Gasteiger partial charge < -0.3 is 20.4 Å². The van der Waals surface area contributed by atoms with Crippen LogP contribution in [0, 0.1) is 13.5 Å². The molecule has 0 spiro atoms. The van der Waals surface area contributed by atoms with E-state index in [1.54, 1.807) is 24.3 Å². The number of rotatable bonds is 7. The molecule has 27 heavy (non-hydrogen) atoms. The Morgan fingerprint density at radius 2 is 1.89 bits per heavy atom. The molecule has 0 aliphatic heterocycles. The monoisotopic (exact) mass is 372 g/mol. The van der Waals surface area contributed by atoms with E-state index < -0.39 is 24.2 Å². The lowest BCUT2D eigenvalue weighted by molar-refractivity contribution is 0.0784. The van der Waals surface area contributed by atoms with Crippen LogP contribution in [-0.2, 0) is 13.0 Å². The van der Waals surface area contributed by atoms with Crippen molar-refractivity contribution < 1.29 is 20.4 Å². The molecule has 1 atom stereocenters. The molecule has 1 aromatic carbocycles. The summed E-state index contributed by atoms with van der Waals surface area (Å²) in [6, 6.07) is 6.89. The van der Waals surface area contributed by atoms with Gasteiger partial charge in [0.15, 0.2) is 5.88 Å². The molecule has 1 aromatic heterocycles. The maximum atomic E-state index is 12.6. The number of pyridine rings is 1. The van der Waals surface area contributed by atoms with Crippen molar-refractivity contribution in [1.82, 2.24) is 4.57 Å². The Bertz CT molecular complexity index is 929. The van der Waals surface area contributed by atoms with Crippen LogP contribution in [0.2, 0.25) is 0 Å². The lowest BCUT2D eigenvalue weighted by Gasteiger charge is -2.15. The molecule has 142 valence electrons. The van der Waals surface area contributed by atoms with Crippen molar-refractivity contribution in [3.63, 3.8) is 0 Å². The summed E-state index contributed by atoms with van der Waals surface area (Å²) in [6.45, 7) is 7.73. The number of aromatic nitrogens is 1. The number of nitrogens with zero attached hydrogens (tertiary/aromatic N) is 4. The minimum Gasteiger partial charge on any atom is -0.503 e. The minimum atomic E-state index is -1.28. The lowest BCUT2D eigenvalue weighted by atomic mass is 10.1. The summed E-state index contributed by atoms with van der Waals surface area (Å²) in [5.74, 6) is -0.590. The van der Waals surface area contributed by atoms with Crippen molar-refractivity contribution in [2.75, 3.05) is 13.2 Å². The molecule has 1 unspecified atom stereocenters. The highest BCUT2D eigenvalue weighted by atomic mass is 16.3. The number of aliphatic hydroxyl groups excluding tert-OH is 3. The Labute approximate surface area is 155 Å². The molecule has 2 aromatic rings. The molecule has 0 aliphatic carbocycles. The van der Waals surface area contributed by atoms with Crippen molar-refractivity contribution in [2.24, 2.45) is 10.2 Å². The highest BCUT2D eigenvalue weighted by Crippen LogP contribution is 2.34. The van der Waals surface area contributed by atoms with E-state index in [2.05, 4.69) is 15.1 Å². The van der Waals surface area contributed by atoms with E-state index in [-0.39, 0.29) is 30.1 Å². The molecule has 0 saturated carbocycles. The molecule has 9 heteroatoms. The summed E-state index contributed by atoms with van der Waals surface area (Å²) in [7, 11) is 0. The molecule has 2 rings (SSSR count). The van der Waals surface area contributed by atoms with Gasteiger partial charge in [-0.25, -0.2) is 4.85 Å². The standard InChI is InChI=1S/C18H20N4O5/c1-11-15(19-2)17(26)22(9-14(25)10-24)18(27)16(11)21-20-13-5-3-12(4-6-13)7-8-23/h3-6,14,23-26H,7-10H2,1H3. The average Bonchev–Trinajstić information content (AvgIpc) is 2.66. The predicted molar refractivity (Wildman–Crippen MR) is 97.9 cm³/mol. The molecule has 0 amide bonds. The van der Waals surface area contributed by atoms with Crippen molar-refractivity contribution in [3.8, 4) is 5.88 Å². The third-order valence-electron chi connectivity index (χ3n) is 3.94. The number of azo groups is 1. The fraction of sp³-hybridized carbons (Fsp3) is 0.333. The topological polar surface area (TPSA) is 132 Å². The molecule has 1 heterocycles. The van der Waals surface area contributed by atoms with Crippen molar-refractivity contribution >= 4 is 17.1 Å². The SMILES string of the molecule is [C-]#[N+]c1c(C)c(N=Nc2ccc(CCO)cc2)c(=O)n(CC(O)CO)c1O. The van der Waals surface area contributed by atoms with Gasteiger partial charge in [0.25, 0.3) is 5.56 Å². The van der Waals surface area contributed by atoms with E-state index in [1.165, 1.54) is 6.92 Å². The van der Waals surface area contributed by atoms with Crippen LogP contribution >= 0.6 is 0 Å². The highest BCUT2D eigenvalue weighted by Gasteiger charge is 2.20. The Kier molecular flexibility index (Phi) is 6.79. The zero-order valence-corrected chi connectivity index (χ0v) is 14.7. The summed E-state index contributed by atoms with van der Waals surface area (Å²) < 4.78 is 0.792. The van der Waals surface area contributed by atoms with Gasteiger partial charge in [0, 0.05) is 6.61 Å². The van der Waals surface area contributed by atoms with Crippen LogP contribution in [0.5, 0.6) is 5.88 Å². The summed E-state index contributed by atoms with van der Waals surface area (Å²) in [6.07, 6.45) is -0.764. The fourth-order valence-electron chi connectivity index (χ4n) is 2.45. The van der Waals surface area contributed by atoms with E-state index in [4.69, 9.17) is 16.8 Å². The molecular formula is C18H20N4O5. The maximum absolute atomic E-state index is 12.6. The van der Waals surface area contributed by atoms with Gasteiger partial charge in [-0.3, -0.25) is 9.36 Å². The van der Waals surface area contributed by atoms with Crippen LogP contribution in [0.25, 0.3) is 4.85 Å². The minimum absolute atomic E-state index is 0.0339. The second-order valence-corrected chi connectivity index (χ2v) is 5.85. The molecular weight excluding hydrogens is 352 g/mol. The van der Waals surface area contributed by atoms with E-state index in [9.17, 15) is 15.0 Å². The third kappa shape index (κ3) is 4.57. The predicted octanol–water partition coefficient (Wildman–Crippen LogP) is 1.72. The van der Waals surface area contributed by atoms with Crippen LogP contribution in [-0.4, -0.2) is 44.3 Å². The smallest absolute Gasteiger partial charge is 0.279 e. The zero-order chi connectivity index (χ0) is 20.0. The van der Waals surface area contributed by atoms with Crippen LogP contribution in [0.4, 0.5) is 17.1 Å². The first kappa shape index (κ1) is 20.3. The van der Waals surface area contributed by atoms with Crippen LogP contribution in [0.3, 0.4) is 0 Å². The quantitative estimate of drug-likeness (QED) is 0.434.